The van der Waals surface area contributed by atoms with E-state index in [-0.39, 0.29) is 11.6 Å². The van der Waals surface area contributed by atoms with Gasteiger partial charge in [0.2, 0.25) is 0 Å². The second kappa shape index (κ2) is 7.80. The van der Waals surface area contributed by atoms with Gasteiger partial charge >= 0.3 is 0 Å². The summed E-state index contributed by atoms with van der Waals surface area (Å²) < 4.78 is 28.9. The van der Waals surface area contributed by atoms with Gasteiger partial charge in [-0.1, -0.05) is 11.6 Å². The Hall–Kier alpha value is -2.80. The average molecular weight is 409 g/mol. The molecule has 0 radical (unpaired) electrons. The number of nitrogen functional groups attached to an aromatic ring is 1. The van der Waals surface area contributed by atoms with E-state index in [1.807, 2.05) is 12.3 Å². The Kier molecular flexibility index (Phi) is 4.98. The van der Waals surface area contributed by atoms with E-state index in [9.17, 15) is 8.78 Å². The third-order valence-corrected chi connectivity index (χ3v) is 6.38. The van der Waals surface area contributed by atoms with Crippen molar-refractivity contribution in [2.75, 3.05) is 12.3 Å². The van der Waals surface area contributed by atoms with Crippen LogP contribution in [0.15, 0.2) is 42.4 Å². The van der Waals surface area contributed by atoms with Crippen LogP contribution in [0, 0.1) is 0 Å². The van der Waals surface area contributed by atoms with E-state index >= 15 is 0 Å². The Balaban J connectivity index is 1.36. The van der Waals surface area contributed by atoms with E-state index < -0.39 is 6.43 Å². The van der Waals surface area contributed by atoms with E-state index in [4.69, 9.17) is 5.73 Å². The van der Waals surface area contributed by atoms with E-state index in [0.717, 1.165) is 67.4 Å². The molecule has 5 rings (SSSR count). The third kappa shape index (κ3) is 3.47. The lowest BCUT2D eigenvalue weighted by Crippen LogP contribution is -2.25. The van der Waals surface area contributed by atoms with Gasteiger partial charge in [0.25, 0.3) is 6.43 Å². The van der Waals surface area contributed by atoms with Crippen LogP contribution in [0.4, 0.5) is 14.6 Å². The Labute approximate surface area is 174 Å². The zero-order valence-electron chi connectivity index (χ0n) is 16.7. The molecule has 2 aliphatic rings. The first kappa shape index (κ1) is 19.2. The van der Waals surface area contributed by atoms with Gasteiger partial charge in [-0.15, -0.1) is 0 Å². The number of rotatable bonds is 5. The second-order valence-electron chi connectivity index (χ2n) is 8.20. The Bertz CT molecular complexity index is 1120. The molecule has 3 N–H and O–H groups in total. The summed E-state index contributed by atoms with van der Waals surface area (Å²) in [6.45, 7) is 1.62. The van der Waals surface area contributed by atoms with Gasteiger partial charge in [-0.25, -0.2) is 18.7 Å². The molecule has 1 aliphatic carbocycles. The van der Waals surface area contributed by atoms with Crippen LogP contribution in [-0.2, 0) is 19.4 Å². The summed E-state index contributed by atoms with van der Waals surface area (Å²) >= 11 is 0. The fourth-order valence-corrected chi connectivity index (χ4v) is 4.81. The molecule has 0 saturated carbocycles. The number of alkyl halides is 2. The summed E-state index contributed by atoms with van der Waals surface area (Å²) in [6.07, 6.45) is 7.94. The van der Waals surface area contributed by atoms with Gasteiger partial charge in [-0.05, 0) is 73.5 Å². The average Bonchev–Trinajstić information content (AvgIpc) is 3.39. The quantitative estimate of drug-likeness (QED) is 0.609. The van der Waals surface area contributed by atoms with Gasteiger partial charge in [-0.2, -0.15) is 0 Å². The molecule has 1 unspecified atom stereocenters. The van der Waals surface area contributed by atoms with Crippen LogP contribution in [0.2, 0.25) is 0 Å². The minimum atomic E-state index is -2.42. The molecule has 0 spiro atoms. The molecule has 0 amide bonds. The van der Waals surface area contributed by atoms with Crippen molar-refractivity contribution in [2.45, 2.75) is 51.1 Å². The number of aryl methyl sites for hydroxylation is 1. The van der Waals surface area contributed by atoms with Crippen molar-refractivity contribution in [1.82, 2.24) is 19.9 Å². The monoisotopic (exact) mass is 409 g/mol. The van der Waals surface area contributed by atoms with Gasteiger partial charge in [0, 0.05) is 18.3 Å². The molecule has 3 heterocycles. The molecule has 5 nitrogen and oxygen atoms in total. The number of fused-ring (bicyclic) bond motifs is 2. The highest BCUT2D eigenvalue weighted by Crippen LogP contribution is 2.35. The normalized spacial score (nSPS) is 18.8. The molecule has 3 aromatic rings. The number of halogens is 2. The standard InChI is InChI=1S/C23H25F2N5/c24-21(25)17-10-15(20-12-27-7-5-16(20)11-17)3-1-14-2-4-18(9-14)30-8-6-19-22(26)28-13-29-23(19)30/h6,8-11,13,18,21,27H,1-5,7,12H2,(H2,26,28,29). The van der Waals surface area contributed by atoms with Crippen LogP contribution in [0.25, 0.3) is 11.0 Å². The van der Waals surface area contributed by atoms with Crippen LogP contribution in [0.1, 0.15) is 54.0 Å². The zero-order chi connectivity index (χ0) is 20.7. The molecule has 7 heteroatoms. The van der Waals surface area contributed by atoms with Crippen molar-refractivity contribution in [3.8, 4) is 0 Å². The smallest absolute Gasteiger partial charge is 0.263 e. The number of nitrogens with one attached hydrogen (secondary N) is 1. The highest BCUT2D eigenvalue weighted by molar-refractivity contribution is 5.86. The maximum atomic E-state index is 13.4. The fourth-order valence-electron chi connectivity index (χ4n) is 4.81. The van der Waals surface area contributed by atoms with E-state index in [2.05, 4.69) is 25.9 Å². The van der Waals surface area contributed by atoms with Crippen molar-refractivity contribution in [1.29, 1.82) is 0 Å². The number of anilines is 1. The van der Waals surface area contributed by atoms with Gasteiger partial charge in [0.1, 0.15) is 17.8 Å². The van der Waals surface area contributed by atoms with Crippen molar-refractivity contribution >= 4 is 16.9 Å². The molecule has 30 heavy (non-hydrogen) atoms. The van der Waals surface area contributed by atoms with E-state index in [1.54, 1.807) is 12.1 Å². The molecular formula is C23H25F2N5. The summed E-state index contributed by atoms with van der Waals surface area (Å²) in [5.74, 6) is 0.498. The number of aromatic nitrogens is 3. The van der Waals surface area contributed by atoms with Gasteiger partial charge in [-0.3, -0.25) is 0 Å². The van der Waals surface area contributed by atoms with Crippen LogP contribution in [0.5, 0.6) is 0 Å². The number of allylic oxidation sites excluding steroid dienone is 2. The van der Waals surface area contributed by atoms with Crippen molar-refractivity contribution in [3.63, 3.8) is 0 Å². The molecule has 0 saturated heterocycles. The van der Waals surface area contributed by atoms with Gasteiger partial charge in [0.15, 0.2) is 0 Å². The predicted molar refractivity (Wildman–Crippen MR) is 113 cm³/mol. The summed E-state index contributed by atoms with van der Waals surface area (Å²) in [5.41, 5.74) is 11.7. The van der Waals surface area contributed by atoms with Crippen LogP contribution < -0.4 is 11.1 Å². The molecule has 1 aliphatic heterocycles. The third-order valence-electron chi connectivity index (χ3n) is 6.38. The van der Waals surface area contributed by atoms with Crippen molar-refractivity contribution in [2.24, 2.45) is 0 Å². The fraction of sp³-hybridized carbons (Fsp3) is 0.391. The Morgan fingerprint density at radius 2 is 2.10 bits per heavy atom. The minimum Gasteiger partial charge on any atom is -0.383 e. The minimum absolute atomic E-state index is 0.153. The first-order valence-corrected chi connectivity index (χ1v) is 10.5. The van der Waals surface area contributed by atoms with Gasteiger partial charge in [0.05, 0.1) is 11.4 Å². The predicted octanol–water partition coefficient (Wildman–Crippen LogP) is 4.49. The first-order chi connectivity index (χ1) is 14.6. The maximum Gasteiger partial charge on any atom is 0.263 e. The van der Waals surface area contributed by atoms with Gasteiger partial charge < -0.3 is 15.6 Å². The van der Waals surface area contributed by atoms with Crippen LogP contribution in [-0.4, -0.2) is 21.1 Å². The lowest BCUT2D eigenvalue weighted by molar-refractivity contribution is 0.151. The molecule has 0 fully saturated rings. The Morgan fingerprint density at radius 1 is 1.20 bits per heavy atom. The van der Waals surface area contributed by atoms with Crippen LogP contribution in [0.3, 0.4) is 0 Å². The zero-order valence-corrected chi connectivity index (χ0v) is 16.7. The summed E-state index contributed by atoms with van der Waals surface area (Å²) in [6, 6.07) is 5.61. The highest BCUT2D eigenvalue weighted by atomic mass is 19.3. The molecule has 156 valence electrons. The number of nitrogens with zero attached hydrogens (tertiary/aromatic N) is 3. The number of hydrogen-bond donors (Lipinski definition) is 2. The Morgan fingerprint density at radius 3 is 2.97 bits per heavy atom. The lowest BCUT2D eigenvalue weighted by Gasteiger charge is -2.22. The molecule has 0 bridgehead atoms. The molecule has 2 aromatic heterocycles. The van der Waals surface area contributed by atoms with E-state index in [1.165, 1.54) is 17.5 Å². The van der Waals surface area contributed by atoms with Crippen LogP contribution >= 0.6 is 0 Å². The largest absolute Gasteiger partial charge is 0.383 e. The summed E-state index contributed by atoms with van der Waals surface area (Å²) in [7, 11) is 0. The number of nitrogens with two attached hydrogens (primary N) is 1. The summed E-state index contributed by atoms with van der Waals surface area (Å²) in [4.78, 5) is 8.46. The number of hydrogen-bond acceptors (Lipinski definition) is 4. The van der Waals surface area contributed by atoms with E-state index in [0.29, 0.717) is 5.82 Å². The second-order valence-corrected chi connectivity index (χ2v) is 8.20. The lowest BCUT2D eigenvalue weighted by atomic mass is 9.90. The number of benzene rings is 1. The summed E-state index contributed by atoms with van der Waals surface area (Å²) in [5, 5.41) is 4.25. The topological polar surface area (TPSA) is 68.8 Å². The van der Waals surface area contributed by atoms with Crippen molar-refractivity contribution < 1.29 is 8.78 Å². The maximum absolute atomic E-state index is 13.4. The highest BCUT2D eigenvalue weighted by Gasteiger charge is 2.22. The molecular weight excluding hydrogens is 384 g/mol. The van der Waals surface area contributed by atoms with Crippen molar-refractivity contribution in [3.05, 3.63) is 64.6 Å². The SMILES string of the molecule is Nc1ncnc2c1ccn2C1C=C(CCc2cc(C(F)F)cc3c2CNCC3)CC1. The molecule has 1 atom stereocenters. The first-order valence-electron chi connectivity index (χ1n) is 10.5. The molecule has 1 aromatic carbocycles.